The molecule has 116 valence electrons. The summed E-state index contributed by atoms with van der Waals surface area (Å²) in [5.74, 6) is -0.843. The SMILES string of the molecule is CCNC(=O)C1CNCCN1S(=O)(=O)c1ccc(F)cc1. The highest BCUT2D eigenvalue weighted by Crippen LogP contribution is 2.19. The summed E-state index contributed by atoms with van der Waals surface area (Å²) in [5.41, 5.74) is 0. The Balaban J connectivity index is 2.31. The van der Waals surface area contributed by atoms with Gasteiger partial charge in [0.25, 0.3) is 0 Å². The van der Waals surface area contributed by atoms with Crippen molar-refractivity contribution in [1.82, 2.24) is 14.9 Å². The predicted octanol–water partition coefficient (Wildman–Crippen LogP) is -0.0757. The van der Waals surface area contributed by atoms with Gasteiger partial charge in [0.05, 0.1) is 4.90 Å². The molecule has 0 radical (unpaired) electrons. The van der Waals surface area contributed by atoms with Gasteiger partial charge in [0.1, 0.15) is 11.9 Å². The first-order chi connectivity index (χ1) is 9.96. The van der Waals surface area contributed by atoms with Crippen LogP contribution in [0.4, 0.5) is 4.39 Å². The topological polar surface area (TPSA) is 78.5 Å². The average Bonchev–Trinajstić information content (AvgIpc) is 2.48. The largest absolute Gasteiger partial charge is 0.355 e. The van der Waals surface area contributed by atoms with Crippen LogP contribution in [0.5, 0.6) is 0 Å². The highest BCUT2D eigenvalue weighted by Gasteiger charge is 2.37. The molecule has 1 heterocycles. The molecule has 1 saturated heterocycles. The van der Waals surface area contributed by atoms with E-state index in [-0.39, 0.29) is 23.9 Å². The third-order valence-corrected chi connectivity index (χ3v) is 5.19. The number of rotatable bonds is 4. The number of benzene rings is 1. The number of carbonyl (C=O) groups is 1. The van der Waals surface area contributed by atoms with Gasteiger partial charge in [-0.25, -0.2) is 12.8 Å². The van der Waals surface area contributed by atoms with Gasteiger partial charge in [-0.15, -0.1) is 0 Å². The molecule has 1 aliphatic heterocycles. The minimum Gasteiger partial charge on any atom is -0.355 e. The van der Waals surface area contributed by atoms with Gasteiger partial charge < -0.3 is 10.6 Å². The first-order valence-electron chi connectivity index (χ1n) is 6.72. The van der Waals surface area contributed by atoms with Crippen LogP contribution in [0, 0.1) is 5.82 Å². The van der Waals surface area contributed by atoms with Crippen molar-refractivity contribution in [3.05, 3.63) is 30.1 Å². The van der Waals surface area contributed by atoms with Crippen LogP contribution in [0.3, 0.4) is 0 Å². The van der Waals surface area contributed by atoms with Gasteiger partial charge in [-0.05, 0) is 31.2 Å². The molecule has 1 aliphatic rings. The molecule has 0 bridgehead atoms. The van der Waals surface area contributed by atoms with Gasteiger partial charge in [-0.3, -0.25) is 4.79 Å². The summed E-state index contributed by atoms with van der Waals surface area (Å²) in [6.45, 7) is 3.12. The number of piperazine rings is 1. The molecule has 1 amide bonds. The Hall–Kier alpha value is -1.51. The second kappa shape index (κ2) is 6.50. The summed E-state index contributed by atoms with van der Waals surface area (Å²) in [5, 5.41) is 5.64. The van der Waals surface area contributed by atoms with E-state index in [1.165, 1.54) is 16.4 Å². The lowest BCUT2D eigenvalue weighted by molar-refractivity contribution is -0.125. The third kappa shape index (κ3) is 3.39. The molecule has 0 spiro atoms. The van der Waals surface area contributed by atoms with Crippen molar-refractivity contribution in [3.8, 4) is 0 Å². The fourth-order valence-corrected chi connectivity index (χ4v) is 3.82. The van der Waals surface area contributed by atoms with Crippen molar-refractivity contribution in [1.29, 1.82) is 0 Å². The van der Waals surface area contributed by atoms with Crippen LogP contribution in [0.1, 0.15) is 6.92 Å². The standard InChI is InChI=1S/C13H18FN3O3S/c1-2-16-13(18)12-9-15-7-8-17(12)21(19,20)11-5-3-10(14)4-6-11/h3-6,12,15H,2,7-9H2,1H3,(H,16,18). The first kappa shape index (κ1) is 15.9. The monoisotopic (exact) mass is 315 g/mol. The minimum atomic E-state index is -3.83. The maximum Gasteiger partial charge on any atom is 0.243 e. The number of carbonyl (C=O) groups excluding carboxylic acids is 1. The van der Waals surface area contributed by atoms with Crippen LogP contribution in [-0.4, -0.2) is 50.9 Å². The molecule has 6 nitrogen and oxygen atoms in total. The molecule has 8 heteroatoms. The van der Waals surface area contributed by atoms with Gasteiger partial charge in [0, 0.05) is 26.2 Å². The summed E-state index contributed by atoms with van der Waals surface area (Å²) in [6.07, 6.45) is 0. The Labute approximate surface area is 123 Å². The molecule has 0 saturated carbocycles. The Morgan fingerprint density at radius 2 is 2.10 bits per heavy atom. The van der Waals surface area contributed by atoms with Crippen LogP contribution in [0.15, 0.2) is 29.2 Å². The molecule has 2 rings (SSSR count). The second-order valence-corrected chi connectivity index (χ2v) is 6.57. The fourth-order valence-electron chi connectivity index (χ4n) is 2.23. The molecule has 1 fully saturated rings. The van der Waals surface area contributed by atoms with Gasteiger partial charge in [0.2, 0.25) is 15.9 Å². The van der Waals surface area contributed by atoms with Crippen LogP contribution < -0.4 is 10.6 Å². The molecule has 1 atom stereocenters. The molecule has 1 aromatic rings. The Bertz CT molecular complexity index is 604. The summed E-state index contributed by atoms with van der Waals surface area (Å²) in [7, 11) is -3.83. The highest BCUT2D eigenvalue weighted by atomic mass is 32.2. The van der Waals surface area contributed by atoms with E-state index < -0.39 is 21.9 Å². The lowest BCUT2D eigenvalue weighted by atomic mass is 10.2. The van der Waals surface area contributed by atoms with Crippen LogP contribution >= 0.6 is 0 Å². The van der Waals surface area contributed by atoms with Gasteiger partial charge in [-0.1, -0.05) is 0 Å². The van der Waals surface area contributed by atoms with Crippen molar-refractivity contribution < 1.29 is 17.6 Å². The van der Waals surface area contributed by atoms with Gasteiger partial charge in [-0.2, -0.15) is 4.31 Å². The van der Waals surface area contributed by atoms with Crippen LogP contribution in [-0.2, 0) is 14.8 Å². The Morgan fingerprint density at radius 1 is 1.43 bits per heavy atom. The van der Waals surface area contributed by atoms with Gasteiger partial charge in [0.15, 0.2) is 0 Å². The minimum absolute atomic E-state index is 0.0138. The van der Waals surface area contributed by atoms with Crippen LogP contribution in [0.2, 0.25) is 0 Å². The Morgan fingerprint density at radius 3 is 2.71 bits per heavy atom. The molecule has 2 N–H and O–H groups in total. The number of hydrogen-bond acceptors (Lipinski definition) is 4. The molecular formula is C13H18FN3O3S. The quantitative estimate of drug-likeness (QED) is 0.815. The third-order valence-electron chi connectivity index (χ3n) is 3.27. The summed E-state index contributed by atoms with van der Waals surface area (Å²) >= 11 is 0. The Kier molecular flexibility index (Phi) is 4.92. The van der Waals surface area contributed by atoms with Crippen molar-refractivity contribution in [2.75, 3.05) is 26.2 Å². The van der Waals surface area contributed by atoms with Crippen molar-refractivity contribution in [2.24, 2.45) is 0 Å². The van der Waals surface area contributed by atoms with E-state index in [4.69, 9.17) is 0 Å². The second-order valence-electron chi connectivity index (χ2n) is 4.68. The molecule has 1 unspecified atom stereocenters. The van der Waals surface area contributed by atoms with Crippen molar-refractivity contribution in [2.45, 2.75) is 17.9 Å². The molecule has 1 aromatic carbocycles. The molecule has 0 aromatic heterocycles. The summed E-state index contributed by atoms with van der Waals surface area (Å²) in [4.78, 5) is 12.0. The smallest absolute Gasteiger partial charge is 0.243 e. The number of sulfonamides is 1. The number of likely N-dealkylation sites (N-methyl/N-ethyl adjacent to an activating group) is 1. The van der Waals surface area contributed by atoms with Crippen LogP contribution in [0.25, 0.3) is 0 Å². The summed E-state index contributed by atoms with van der Waals surface area (Å²) < 4.78 is 39.3. The zero-order chi connectivity index (χ0) is 15.5. The summed E-state index contributed by atoms with van der Waals surface area (Å²) in [6, 6.07) is 3.81. The van der Waals surface area contributed by atoms with E-state index in [2.05, 4.69) is 10.6 Å². The maximum absolute atomic E-state index is 12.9. The fraction of sp³-hybridized carbons (Fsp3) is 0.462. The molecule has 0 aliphatic carbocycles. The van der Waals surface area contributed by atoms with Crippen molar-refractivity contribution in [3.63, 3.8) is 0 Å². The predicted molar refractivity (Wildman–Crippen MR) is 75.6 cm³/mol. The van der Waals surface area contributed by atoms with E-state index in [0.29, 0.717) is 13.1 Å². The lowest BCUT2D eigenvalue weighted by Crippen LogP contribution is -2.59. The van der Waals surface area contributed by atoms with E-state index in [9.17, 15) is 17.6 Å². The zero-order valence-corrected chi connectivity index (χ0v) is 12.5. The van der Waals surface area contributed by atoms with E-state index in [0.717, 1.165) is 12.1 Å². The van der Waals surface area contributed by atoms with E-state index >= 15 is 0 Å². The zero-order valence-electron chi connectivity index (χ0n) is 11.7. The highest BCUT2D eigenvalue weighted by molar-refractivity contribution is 7.89. The number of nitrogens with one attached hydrogen (secondary N) is 2. The number of nitrogens with zero attached hydrogens (tertiary/aromatic N) is 1. The number of amides is 1. The normalized spacial score (nSPS) is 20.2. The van der Waals surface area contributed by atoms with Crippen molar-refractivity contribution >= 4 is 15.9 Å². The van der Waals surface area contributed by atoms with E-state index in [1.54, 1.807) is 6.92 Å². The molecule has 21 heavy (non-hydrogen) atoms. The average molecular weight is 315 g/mol. The molecular weight excluding hydrogens is 297 g/mol. The number of halogens is 1. The van der Waals surface area contributed by atoms with Gasteiger partial charge >= 0.3 is 0 Å². The first-order valence-corrected chi connectivity index (χ1v) is 8.16. The maximum atomic E-state index is 12.9. The number of hydrogen-bond donors (Lipinski definition) is 2. The lowest BCUT2D eigenvalue weighted by Gasteiger charge is -2.34. The van der Waals surface area contributed by atoms with E-state index in [1.807, 2.05) is 0 Å².